The predicted octanol–water partition coefficient (Wildman–Crippen LogP) is 1.21. The van der Waals surface area contributed by atoms with Gasteiger partial charge < -0.3 is 10.5 Å². The molecule has 1 fully saturated rings. The van der Waals surface area contributed by atoms with Gasteiger partial charge >= 0.3 is 0 Å². The van der Waals surface area contributed by atoms with E-state index < -0.39 is 20.7 Å². The third-order valence-corrected chi connectivity index (χ3v) is 5.31. The van der Waals surface area contributed by atoms with Crippen molar-refractivity contribution in [1.29, 1.82) is 0 Å². The highest BCUT2D eigenvalue weighted by molar-refractivity contribution is 7.89. The Bertz CT molecular complexity index is 576. The molecule has 1 aliphatic rings. The monoisotopic (exact) mass is 288 g/mol. The normalized spacial score (nSPS) is 24.0. The van der Waals surface area contributed by atoms with Crippen LogP contribution in [0.25, 0.3) is 0 Å². The molecule has 7 heteroatoms. The zero-order chi connectivity index (χ0) is 14.2. The number of likely N-dealkylation sites (N-methyl/N-ethyl adjacent to an activating group) is 1. The van der Waals surface area contributed by atoms with Crippen LogP contribution in [0, 0.1) is 5.82 Å². The van der Waals surface area contributed by atoms with Gasteiger partial charge in [-0.1, -0.05) is 0 Å². The lowest BCUT2D eigenvalue weighted by Crippen LogP contribution is -2.41. The quantitative estimate of drug-likeness (QED) is 0.848. The van der Waals surface area contributed by atoms with Crippen molar-refractivity contribution in [3.8, 4) is 0 Å². The molecule has 0 amide bonds. The fraction of sp³-hybridized carbons (Fsp3) is 0.500. The van der Waals surface area contributed by atoms with Gasteiger partial charge in [-0.05, 0) is 31.5 Å². The van der Waals surface area contributed by atoms with Gasteiger partial charge in [0, 0.05) is 19.3 Å². The number of nitrogen functional groups attached to an aromatic ring is 1. The van der Waals surface area contributed by atoms with E-state index in [1.165, 1.54) is 17.4 Å². The maximum absolute atomic E-state index is 13.7. The lowest BCUT2D eigenvalue weighted by atomic mass is 10.2. The van der Waals surface area contributed by atoms with Crippen LogP contribution in [0.5, 0.6) is 0 Å². The Hall–Kier alpha value is -1.18. The maximum Gasteiger partial charge on any atom is 0.246 e. The molecule has 1 aromatic carbocycles. The largest absolute Gasteiger partial charge is 0.399 e. The van der Waals surface area contributed by atoms with Gasteiger partial charge in [-0.2, -0.15) is 4.31 Å². The van der Waals surface area contributed by atoms with Crippen LogP contribution in [0.4, 0.5) is 10.1 Å². The first-order valence-corrected chi connectivity index (χ1v) is 7.42. The molecule has 1 saturated heterocycles. The van der Waals surface area contributed by atoms with E-state index in [2.05, 4.69) is 0 Å². The number of ether oxygens (including phenoxy) is 1. The molecular formula is C12H17FN2O3S. The molecule has 0 aromatic heterocycles. The zero-order valence-electron chi connectivity index (χ0n) is 10.8. The average molecular weight is 288 g/mol. The van der Waals surface area contributed by atoms with Gasteiger partial charge in [0.05, 0.1) is 12.1 Å². The molecule has 19 heavy (non-hydrogen) atoms. The summed E-state index contributed by atoms with van der Waals surface area (Å²) < 4.78 is 45.1. The summed E-state index contributed by atoms with van der Waals surface area (Å²) in [6.45, 7) is 2.31. The molecule has 5 nitrogen and oxygen atoms in total. The van der Waals surface area contributed by atoms with Crippen LogP contribution in [-0.4, -0.2) is 38.5 Å². The van der Waals surface area contributed by atoms with E-state index in [4.69, 9.17) is 10.5 Å². The number of hydrogen-bond donors (Lipinski definition) is 1. The predicted molar refractivity (Wildman–Crippen MR) is 69.6 cm³/mol. The molecule has 1 aromatic rings. The summed E-state index contributed by atoms with van der Waals surface area (Å²) in [5.41, 5.74) is 5.74. The van der Waals surface area contributed by atoms with Crippen LogP contribution >= 0.6 is 0 Å². The second-order valence-electron chi connectivity index (χ2n) is 4.64. The number of rotatable bonds is 3. The van der Waals surface area contributed by atoms with Crippen LogP contribution in [0.3, 0.4) is 0 Å². The summed E-state index contributed by atoms with van der Waals surface area (Å²) in [5.74, 6) is -0.799. The van der Waals surface area contributed by atoms with E-state index in [-0.39, 0.29) is 17.8 Å². The highest BCUT2D eigenvalue weighted by Crippen LogP contribution is 2.27. The number of nitrogens with two attached hydrogens (primary N) is 1. The molecule has 2 N–H and O–H groups in total. The van der Waals surface area contributed by atoms with Gasteiger partial charge in [-0.15, -0.1) is 0 Å². The highest BCUT2D eigenvalue weighted by atomic mass is 32.2. The SMILES string of the molecule is CC1OCCC1N(C)S(=O)(=O)c1cc(N)ccc1F. The van der Waals surface area contributed by atoms with Crippen molar-refractivity contribution in [3.63, 3.8) is 0 Å². The van der Waals surface area contributed by atoms with Crippen molar-refractivity contribution < 1.29 is 17.5 Å². The van der Waals surface area contributed by atoms with E-state index in [1.807, 2.05) is 0 Å². The van der Waals surface area contributed by atoms with Crippen molar-refractivity contribution in [1.82, 2.24) is 4.31 Å². The Morgan fingerprint density at radius 2 is 2.16 bits per heavy atom. The molecular weight excluding hydrogens is 271 g/mol. The molecule has 0 radical (unpaired) electrons. The lowest BCUT2D eigenvalue weighted by molar-refractivity contribution is 0.102. The van der Waals surface area contributed by atoms with Crippen molar-refractivity contribution in [2.24, 2.45) is 0 Å². The second-order valence-corrected chi connectivity index (χ2v) is 6.61. The van der Waals surface area contributed by atoms with Gasteiger partial charge in [0.15, 0.2) is 0 Å². The Balaban J connectivity index is 2.39. The van der Waals surface area contributed by atoms with Gasteiger partial charge in [0.1, 0.15) is 10.7 Å². The summed E-state index contributed by atoms with van der Waals surface area (Å²) in [5, 5.41) is 0. The van der Waals surface area contributed by atoms with Crippen LogP contribution in [-0.2, 0) is 14.8 Å². The first kappa shape index (κ1) is 14.2. The molecule has 2 unspecified atom stereocenters. The van der Waals surface area contributed by atoms with Gasteiger partial charge in [-0.3, -0.25) is 0 Å². The first-order chi connectivity index (χ1) is 8.84. The van der Waals surface area contributed by atoms with E-state index in [0.29, 0.717) is 13.0 Å². The minimum Gasteiger partial charge on any atom is -0.399 e. The number of halogens is 1. The topological polar surface area (TPSA) is 72.6 Å². The van der Waals surface area contributed by atoms with Crippen LogP contribution < -0.4 is 5.73 Å². The molecule has 1 heterocycles. The minimum atomic E-state index is -3.91. The standard InChI is InChI=1S/C12H17FN2O3S/c1-8-11(5-6-18-8)15(2)19(16,17)12-7-9(14)3-4-10(12)13/h3-4,7-8,11H,5-6,14H2,1-2H3. The smallest absolute Gasteiger partial charge is 0.246 e. The van der Waals surface area contributed by atoms with E-state index >= 15 is 0 Å². The van der Waals surface area contributed by atoms with E-state index in [0.717, 1.165) is 12.1 Å². The number of hydrogen-bond acceptors (Lipinski definition) is 4. The van der Waals surface area contributed by atoms with Crippen molar-refractivity contribution >= 4 is 15.7 Å². The lowest BCUT2D eigenvalue weighted by Gasteiger charge is -2.26. The number of anilines is 1. The number of sulfonamides is 1. The van der Waals surface area contributed by atoms with Crippen LogP contribution in [0.2, 0.25) is 0 Å². The summed E-state index contributed by atoms with van der Waals surface area (Å²) in [4.78, 5) is -0.394. The third-order valence-electron chi connectivity index (χ3n) is 3.42. The summed E-state index contributed by atoms with van der Waals surface area (Å²) >= 11 is 0. The fourth-order valence-corrected chi connectivity index (χ4v) is 3.79. The number of benzene rings is 1. The van der Waals surface area contributed by atoms with Crippen molar-refractivity contribution in [3.05, 3.63) is 24.0 Å². The Kier molecular flexibility index (Phi) is 3.80. The van der Waals surface area contributed by atoms with Gasteiger partial charge in [-0.25, -0.2) is 12.8 Å². The van der Waals surface area contributed by atoms with Gasteiger partial charge in [0.2, 0.25) is 10.0 Å². The summed E-state index contributed by atoms with van der Waals surface area (Å²) in [7, 11) is -2.47. The molecule has 0 bridgehead atoms. The van der Waals surface area contributed by atoms with E-state index in [9.17, 15) is 12.8 Å². The Labute approximate surface area is 112 Å². The highest BCUT2D eigenvalue weighted by Gasteiger charge is 2.36. The molecule has 2 atom stereocenters. The van der Waals surface area contributed by atoms with E-state index in [1.54, 1.807) is 6.92 Å². The average Bonchev–Trinajstić information content (AvgIpc) is 2.77. The van der Waals surface area contributed by atoms with Gasteiger partial charge in [0.25, 0.3) is 0 Å². The number of nitrogens with zero attached hydrogens (tertiary/aromatic N) is 1. The molecule has 2 rings (SSSR count). The summed E-state index contributed by atoms with van der Waals surface area (Å²) in [6, 6.07) is 3.24. The summed E-state index contributed by atoms with van der Waals surface area (Å²) in [6.07, 6.45) is 0.393. The Morgan fingerprint density at radius 1 is 1.47 bits per heavy atom. The molecule has 1 aliphatic heterocycles. The van der Waals surface area contributed by atoms with Crippen molar-refractivity contribution in [2.75, 3.05) is 19.4 Å². The van der Waals surface area contributed by atoms with Crippen molar-refractivity contribution in [2.45, 2.75) is 30.4 Å². The molecule has 0 saturated carbocycles. The fourth-order valence-electron chi connectivity index (χ4n) is 2.25. The molecule has 0 aliphatic carbocycles. The van der Waals surface area contributed by atoms with Crippen LogP contribution in [0.1, 0.15) is 13.3 Å². The maximum atomic E-state index is 13.7. The minimum absolute atomic E-state index is 0.205. The second kappa shape index (κ2) is 5.07. The first-order valence-electron chi connectivity index (χ1n) is 5.98. The third kappa shape index (κ3) is 2.58. The molecule has 0 spiro atoms. The molecule has 106 valence electrons. The zero-order valence-corrected chi connectivity index (χ0v) is 11.7. The van der Waals surface area contributed by atoms with Crippen LogP contribution in [0.15, 0.2) is 23.1 Å². The Morgan fingerprint density at radius 3 is 2.74 bits per heavy atom.